The molecule has 0 bridgehead atoms. The van der Waals surface area contributed by atoms with Crippen molar-refractivity contribution in [3.63, 3.8) is 0 Å². The molecule has 0 aromatic rings. The molecule has 0 radical (unpaired) electrons. The molecular formula is C10H17NO2. The van der Waals surface area contributed by atoms with Crippen LogP contribution in [0.2, 0.25) is 0 Å². The molecule has 1 rings (SSSR count). The Balaban J connectivity index is 0.000000252. The van der Waals surface area contributed by atoms with Gasteiger partial charge in [-0.15, -0.1) is 0 Å². The number of hydrogen-bond donors (Lipinski definition) is 0. The molecule has 1 aliphatic heterocycles. The van der Waals surface area contributed by atoms with Crippen LogP contribution in [0.1, 0.15) is 19.8 Å². The first-order valence-corrected chi connectivity index (χ1v) is 4.36. The van der Waals surface area contributed by atoms with Crippen molar-refractivity contribution >= 4 is 0 Å². The Bertz CT molecular complexity index is 178. The summed E-state index contributed by atoms with van der Waals surface area (Å²) in [5.74, 6) is 0. The number of nitriles is 1. The van der Waals surface area contributed by atoms with Crippen molar-refractivity contribution in [1.82, 2.24) is 0 Å². The van der Waals surface area contributed by atoms with E-state index < -0.39 is 0 Å². The van der Waals surface area contributed by atoms with E-state index in [9.17, 15) is 0 Å². The Morgan fingerprint density at radius 3 is 2.69 bits per heavy atom. The van der Waals surface area contributed by atoms with Crippen LogP contribution in [0, 0.1) is 11.3 Å². The summed E-state index contributed by atoms with van der Waals surface area (Å²) in [7, 11) is 1.71. The number of methoxy groups -OCH3 is 1. The third kappa shape index (κ3) is 7.51. The first-order chi connectivity index (χ1) is 6.20. The zero-order valence-electron chi connectivity index (χ0n) is 8.38. The summed E-state index contributed by atoms with van der Waals surface area (Å²) in [5.41, 5.74) is 0.560. The summed E-state index contributed by atoms with van der Waals surface area (Å²) in [6.45, 7) is 6.67. The maximum atomic E-state index is 7.79. The summed E-state index contributed by atoms with van der Waals surface area (Å²) in [6, 6.07) is 1.83. The average Bonchev–Trinajstić information content (AvgIpc) is 2.59. The lowest BCUT2D eigenvalue weighted by Crippen LogP contribution is -2.11. The third-order valence-electron chi connectivity index (χ3n) is 1.57. The molecule has 0 aromatic carbocycles. The van der Waals surface area contributed by atoms with Gasteiger partial charge in [0, 0.05) is 19.3 Å². The van der Waals surface area contributed by atoms with E-state index >= 15 is 0 Å². The highest BCUT2D eigenvalue weighted by Gasteiger charge is 2.13. The largest absolute Gasteiger partial charge is 0.382 e. The number of nitrogens with zero attached hydrogens (tertiary/aromatic N) is 1. The SMILES string of the molecule is C=C(C)C#N.COCC1CCCO1. The van der Waals surface area contributed by atoms with Gasteiger partial charge >= 0.3 is 0 Å². The van der Waals surface area contributed by atoms with Crippen LogP contribution < -0.4 is 0 Å². The second-order valence-corrected chi connectivity index (χ2v) is 2.98. The minimum absolute atomic E-state index is 0.389. The van der Waals surface area contributed by atoms with E-state index in [0.717, 1.165) is 13.2 Å². The minimum Gasteiger partial charge on any atom is -0.382 e. The highest BCUT2D eigenvalue weighted by molar-refractivity contribution is 5.11. The van der Waals surface area contributed by atoms with E-state index in [1.165, 1.54) is 12.8 Å². The molecule has 3 nitrogen and oxygen atoms in total. The van der Waals surface area contributed by atoms with Gasteiger partial charge in [0.2, 0.25) is 0 Å². The van der Waals surface area contributed by atoms with Crippen molar-refractivity contribution in [1.29, 1.82) is 5.26 Å². The monoisotopic (exact) mass is 183 g/mol. The molecule has 13 heavy (non-hydrogen) atoms. The smallest absolute Gasteiger partial charge is 0.0937 e. The fraction of sp³-hybridized carbons (Fsp3) is 0.700. The van der Waals surface area contributed by atoms with Crippen LogP contribution in [0.4, 0.5) is 0 Å². The van der Waals surface area contributed by atoms with Gasteiger partial charge in [0.25, 0.3) is 0 Å². The number of rotatable bonds is 2. The molecule has 1 aliphatic rings. The van der Waals surface area contributed by atoms with Crippen LogP contribution in [0.25, 0.3) is 0 Å². The zero-order valence-corrected chi connectivity index (χ0v) is 8.38. The van der Waals surface area contributed by atoms with Crippen molar-refractivity contribution in [2.24, 2.45) is 0 Å². The second-order valence-electron chi connectivity index (χ2n) is 2.98. The molecule has 1 fully saturated rings. The van der Waals surface area contributed by atoms with Gasteiger partial charge < -0.3 is 9.47 Å². The Kier molecular flexibility index (Phi) is 7.27. The molecule has 0 spiro atoms. The lowest BCUT2D eigenvalue weighted by molar-refractivity contribution is 0.0380. The van der Waals surface area contributed by atoms with Crippen LogP contribution in [0.3, 0.4) is 0 Å². The first kappa shape index (κ1) is 12.2. The molecule has 0 aliphatic carbocycles. The Hall–Kier alpha value is -0.850. The van der Waals surface area contributed by atoms with Gasteiger partial charge in [-0.05, 0) is 19.8 Å². The van der Waals surface area contributed by atoms with Crippen molar-refractivity contribution in [2.45, 2.75) is 25.9 Å². The van der Waals surface area contributed by atoms with Crippen LogP contribution in [0.5, 0.6) is 0 Å². The maximum Gasteiger partial charge on any atom is 0.0937 e. The molecular weight excluding hydrogens is 166 g/mol. The van der Waals surface area contributed by atoms with Gasteiger partial charge in [0.15, 0.2) is 0 Å². The van der Waals surface area contributed by atoms with Gasteiger partial charge in [-0.1, -0.05) is 6.58 Å². The van der Waals surface area contributed by atoms with E-state index in [-0.39, 0.29) is 0 Å². The molecule has 1 atom stereocenters. The van der Waals surface area contributed by atoms with Gasteiger partial charge in [-0.2, -0.15) is 5.26 Å². The standard InChI is InChI=1S/C6H12O2.C4H5N/c1-7-5-6-3-2-4-8-6;1-4(2)3-5/h6H,2-5H2,1H3;1H2,2H3. The number of allylic oxidation sites excluding steroid dienone is 1. The van der Waals surface area contributed by atoms with Crippen LogP contribution in [-0.4, -0.2) is 26.4 Å². The molecule has 1 saturated heterocycles. The predicted molar refractivity (Wildman–Crippen MR) is 51.3 cm³/mol. The van der Waals surface area contributed by atoms with E-state index in [0.29, 0.717) is 11.7 Å². The highest BCUT2D eigenvalue weighted by atomic mass is 16.5. The minimum atomic E-state index is 0.389. The fourth-order valence-corrected chi connectivity index (χ4v) is 0.962. The van der Waals surface area contributed by atoms with Gasteiger partial charge in [0.1, 0.15) is 0 Å². The molecule has 0 aromatic heterocycles. The van der Waals surface area contributed by atoms with Crippen molar-refractivity contribution in [3.05, 3.63) is 12.2 Å². The van der Waals surface area contributed by atoms with E-state index in [4.69, 9.17) is 14.7 Å². The first-order valence-electron chi connectivity index (χ1n) is 4.36. The topological polar surface area (TPSA) is 42.2 Å². The number of hydrogen-bond acceptors (Lipinski definition) is 3. The Morgan fingerprint density at radius 2 is 2.38 bits per heavy atom. The van der Waals surface area contributed by atoms with E-state index in [1.54, 1.807) is 14.0 Å². The second kappa shape index (κ2) is 7.78. The predicted octanol–water partition coefficient (Wildman–Crippen LogP) is 1.90. The zero-order chi connectivity index (χ0) is 10.1. The molecule has 0 N–H and O–H groups in total. The van der Waals surface area contributed by atoms with Gasteiger partial charge in [-0.25, -0.2) is 0 Å². The summed E-state index contributed by atoms with van der Waals surface area (Å²) < 4.78 is 10.2. The van der Waals surface area contributed by atoms with Crippen LogP contribution in [0.15, 0.2) is 12.2 Å². The molecule has 1 heterocycles. The molecule has 0 saturated carbocycles. The van der Waals surface area contributed by atoms with Gasteiger partial charge in [0.05, 0.1) is 18.8 Å². The number of ether oxygens (including phenoxy) is 2. The van der Waals surface area contributed by atoms with Crippen molar-refractivity contribution < 1.29 is 9.47 Å². The summed E-state index contributed by atoms with van der Waals surface area (Å²) in [6.07, 6.45) is 2.77. The average molecular weight is 183 g/mol. The summed E-state index contributed by atoms with van der Waals surface area (Å²) >= 11 is 0. The fourth-order valence-electron chi connectivity index (χ4n) is 0.962. The summed E-state index contributed by atoms with van der Waals surface area (Å²) in [5, 5.41) is 7.79. The van der Waals surface area contributed by atoms with Gasteiger partial charge in [-0.3, -0.25) is 0 Å². The summed E-state index contributed by atoms with van der Waals surface area (Å²) in [4.78, 5) is 0. The van der Waals surface area contributed by atoms with Crippen molar-refractivity contribution in [2.75, 3.05) is 20.3 Å². The van der Waals surface area contributed by atoms with E-state index in [2.05, 4.69) is 6.58 Å². The molecule has 3 heteroatoms. The Morgan fingerprint density at radius 1 is 1.77 bits per heavy atom. The molecule has 1 unspecified atom stereocenters. The molecule has 0 amide bonds. The molecule has 74 valence electrons. The normalized spacial score (nSPS) is 19.9. The third-order valence-corrected chi connectivity index (χ3v) is 1.57. The quantitative estimate of drug-likeness (QED) is 0.614. The lowest BCUT2D eigenvalue weighted by atomic mass is 10.2. The van der Waals surface area contributed by atoms with E-state index in [1.807, 2.05) is 6.07 Å². The Labute approximate surface area is 80.0 Å². The lowest BCUT2D eigenvalue weighted by Gasteiger charge is -2.05. The van der Waals surface area contributed by atoms with Crippen LogP contribution in [-0.2, 0) is 9.47 Å². The van der Waals surface area contributed by atoms with Crippen LogP contribution >= 0.6 is 0 Å². The highest BCUT2D eigenvalue weighted by Crippen LogP contribution is 2.10. The van der Waals surface area contributed by atoms with Crippen molar-refractivity contribution in [3.8, 4) is 6.07 Å². The maximum absolute atomic E-state index is 7.79.